The number of thioether (sulfide) groups is 1. The van der Waals surface area contributed by atoms with Gasteiger partial charge in [0, 0.05) is 23.3 Å². The lowest BCUT2D eigenvalue weighted by Gasteiger charge is -2.07. The van der Waals surface area contributed by atoms with Crippen LogP contribution < -0.4 is 5.63 Å². The van der Waals surface area contributed by atoms with Crippen LogP contribution >= 0.6 is 11.8 Å². The summed E-state index contributed by atoms with van der Waals surface area (Å²) >= 11 is 1.36. The minimum Gasteiger partial charge on any atom is -0.506 e. The van der Waals surface area contributed by atoms with Gasteiger partial charge in [-0.05, 0) is 17.5 Å². The minimum atomic E-state index is -0.457. The van der Waals surface area contributed by atoms with Crippen molar-refractivity contribution in [3.05, 3.63) is 81.7 Å². The summed E-state index contributed by atoms with van der Waals surface area (Å²) in [6.45, 7) is 0. The molecule has 4 heteroatoms. The topological polar surface area (TPSA) is 50.4 Å². The van der Waals surface area contributed by atoms with Crippen molar-refractivity contribution in [2.45, 2.75) is 17.7 Å². The summed E-state index contributed by atoms with van der Waals surface area (Å²) in [6.07, 6.45) is 1.44. The summed E-state index contributed by atoms with van der Waals surface area (Å²) in [5.74, 6) is 1.31. The van der Waals surface area contributed by atoms with E-state index in [-0.39, 0.29) is 5.75 Å². The Bertz CT molecular complexity index is 945. The van der Waals surface area contributed by atoms with Crippen LogP contribution in [0.3, 0.4) is 0 Å². The first-order chi connectivity index (χ1) is 11.7. The molecule has 0 bridgehead atoms. The standard InChI is InChI=1S/C20H16O3S/c21-17-16-12-14-8-4-5-9-15(14)18(16)23-20(22)19(17)24-11-10-13-6-2-1-3-7-13/h1-9,21H,10-12H2. The molecule has 3 aromatic rings. The van der Waals surface area contributed by atoms with Crippen LogP contribution in [0.2, 0.25) is 0 Å². The van der Waals surface area contributed by atoms with E-state index in [1.165, 1.54) is 17.3 Å². The van der Waals surface area contributed by atoms with Crippen molar-refractivity contribution in [1.29, 1.82) is 0 Å². The molecule has 1 aliphatic rings. The number of hydrogen-bond acceptors (Lipinski definition) is 4. The molecule has 3 nitrogen and oxygen atoms in total. The van der Waals surface area contributed by atoms with Crippen LogP contribution in [0, 0.1) is 0 Å². The third-order valence-corrected chi connectivity index (χ3v) is 5.32. The Morgan fingerprint density at radius 3 is 2.62 bits per heavy atom. The van der Waals surface area contributed by atoms with Crippen molar-refractivity contribution in [1.82, 2.24) is 0 Å². The van der Waals surface area contributed by atoms with Gasteiger partial charge in [0.1, 0.15) is 16.4 Å². The van der Waals surface area contributed by atoms with E-state index in [2.05, 4.69) is 12.1 Å². The maximum Gasteiger partial charge on any atom is 0.353 e. The molecule has 1 aliphatic carbocycles. The van der Waals surface area contributed by atoms with Crippen molar-refractivity contribution in [2.24, 2.45) is 0 Å². The first kappa shape index (κ1) is 15.1. The van der Waals surface area contributed by atoms with Gasteiger partial charge in [-0.1, -0.05) is 54.6 Å². The Labute approximate surface area is 144 Å². The molecule has 0 saturated carbocycles. The summed E-state index contributed by atoms with van der Waals surface area (Å²) in [7, 11) is 0. The van der Waals surface area contributed by atoms with Gasteiger partial charge in [-0.15, -0.1) is 11.8 Å². The molecule has 1 N–H and O–H groups in total. The lowest BCUT2D eigenvalue weighted by atomic mass is 10.1. The van der Waals surface area contributed by atoms with Crippen LogP contribution in [0.15, 0.2) is 68.7 Å². The smallest absolute Gasteiger partial charge is 0.353 e. The van der Waals surface area contributed by atoms with E-state index < -0.39 is 5.63 Å². The molecule has 1 aromatic heterocycles. The lowest BCUT2D eigenvalue weighted by molar-refractivity contribution is 0.424. The van der Waals surface area contributed by atoms with Crippen molar-refractivity contribution >= 4 is 11.8 Å². The molecule has 0 fully saturated rings. The molecular weight excluding hydrogens is 320 g/mol. The zero-order valence-electron chi connectivity index (χ0n) is 13.0. The van der Waals surface area contributed by atoms with Crippen molar-refractivity contribution in [3.63, 3.8) is 0 Å². The highest BCUT2D eigenvalue weighted by Crippen LogP contribution is 2.42. The average molecular weight is 336 g/mol. The van der Waals surface area contributed by atoms with Gasteiger partial charge in [0.25, 0.3) is 0 Å². The Hall–Kier alpha value is -2.46. The lowest BCUT2D eigenvalue weighted by Crippen LogP contribution is -2.05. The Morgan fingerprint density at radius 2 is 1.79 bits per heavy atom. The first-order valence-electron chi connectivity index (χ1n) is 7.88. The average Bonchev–Trinajstić information content (AvgIpc) is 2.98. The maximum absolute atomic E-state index is 12.3. The molecular formula is C20H16O3S. The highest BCUT2D eigenvalue weighted by molar-refractivity contribution is 7.99. The molecule has 120 valence electrons. The van der Waals surface area contributed by atoms with Crippen LogP contribution in [0.1, 0.15) is 16.7 Å². The van der Waals surface area contributed by atoms with Crippen molar-refractivity contribution in [2.75, 3.05) is 5.75 Å². The summed E-state index contributed by atoms with van der Waals surface area (Å²) < 4.78 is 5.52. The van der Waals surface area contributed by atoms with Crippen LogP contribution in [0.25, 0.3) is 11.3 Å². The van der Waals surface area contributed by atoms with Gasteiger partial charge < -0.3 is 9.52 Å². The summed E-state index contributed by atoms with van der Waals surface area (Å²) in [4.78, 5) is 12.6. The molecule has 24 heavy (non-hydrogen) atoms. The molecule has 0 atom stereocenters. The third kappa shape index (κ3) is 2.63. The fraction of sp³-hybridized carbons (Fsp3) is 0.150. The normalized spacial score (nSPS) is 12.0. The minimum absolute atomic E-state index is 0.0792. The fourth-order valence-electron chi connectivity index (χ4n) is 3.05. The molecule has 0 saturated heterocycles. The van der Waals surface area contributed by atoms with E-state index in [0.29, 0.717) is 22.8 Å². The summed E-state index contributed by atoms with van der Waals surface area (Å²) in [5, 5.41) is 10.6. The van der Waals surface area contributed by atoms with Crippen LogP contribution in [-0.4, -0.2) is 10.9 Å². The van der Waals surface area contributed by atoms with Gasteiger partial charge >= 0.3 is 5.63 Å². The fourth-order valence-corrected chi connectivity index (χ4v) is 4.01. The van der Waals surface area contributed by atoms with E-state index >= 15 is 0 Å². The number of aromatic hydroxyl groups is 1. The Balaban J connectivity index is 1.60. The molecule has 0 unspecified atom stereocenters. The number of aryl methyl sites for hydroxylation is 1. The van der Waals surface area contributed by atoms with E-state index in [9.17, 15) is 9.90 Å². The second-order valence-corrected chi connectivity index (χ2v) is 6.90. The van der Waals surface area contributed by atoms with Crippen molar-refractivity contribution in [3.8, 4) is 17.1 Å². The molecule has 0 spiro atoms. The monoisotopic (exact) mass is 336 g/mol. The summed E-state index contributed by atoms with van der Waals surface area (Å²) in [5.41, 5.74) is 3.46. The number of benzene rings is 2. The van der Waals surface area contributed by atoms with Gasteiger partial charge in [0.2, 0.25) is 0 Å². The molecule has 1 heterocycles. The largest absolute Gasteiger partial charge is 0.506 e. The van der Waals surface area contributed by atoms with Crippen LogP contribution in [0.5, 0.6) is 5.75 Å². The third-order valence-electron chi connectivity index (χ3n) is 4.26. The Kier molecular flexibility index (Phi) is 3.90. The zero-order chi connectivity index (χ0) is 16.5. The molecule has 0 radical (unpaired) electrons. The van der Waals surface area contributed by atoms with E-state index in [1.54, 1.807) is 0 Å². The Morgan fingerprint density at radius 1 is 1.04 bits per heavy atom. The zero-order valence-corrected chi connectivity index (χ0v) is 13.8. The van der Waals surface area contributed by atoms with Crippen molar-refractivity contribution < 1.29 is 9.52 Å². The number of rotatable bonds is 4. The van der Waals surface area contributed by atoms with Gasteiger partial charge in [-0.2, -0.15) is 0 Å². The molecule has 4 rings (SSSR count). The highest BCUT2D eigenvalue weighted by Gasteiger charge is 2.27. The quantitative estimate of drug-likeness (QED) is 0.566. The van der Waals surface area contributed by atoms with Gasteiger partial charge in [0.05, 0.1) is 0 Å². The number of hydrogen-bond donors (Lipinski definition) is 1. The van der Waals surface area contributed by atoms with Gasteiger partial charge in [-0.3, -0.25) is 0 Å². The predicted octanol–water partition coefficient (Wildman–Crippen LogP) is 4.25. The van der Waals surface area contributed by atoms with E-state index in [4.69, 9.17) is 4.42 Å². The molecule has 0 aliphatic heterocycles. The van der Waals surface area contributed by atoms with Gasteiger partial charge in [0.15, 0.2) is 0 Å². The maximum atomic E-state index is 12.3. The second kappa shape index (κ2) is 6.21. The van der Waals surface area contributed by atoms with Crippen LogP contribution in [-0.2, 0) is 12.8 Å². The second-order valence-electron chi connectivity index (χ2n) is 5.79. The number of fused-ring (bicyclic) bond motifs is 3. The van der Waals surface area contributed by atoms with E-state index in [1.807, 2.05) is 42.5 Å². The highest BCUT2D eigenvalue weighted by atomic mass is 32.2. The molecule has 0 amide bonds. The van der Waals surface area contributed by atoms with E-state index in [0.717, 1.165) is 23.1 Å². The van der Waals surface area contributed by atoms with Crippen LogP contribution in [0.4, 0.5) is 0 Å². The predicted molar refractivity (Wildman–Crippen MR) is 95.8 cm³/mol. The summed E-state index contributed by atoms with van der Waals surface area (Å²) in [6, 6.07) is 17.9. The SMILES string of the molecule is O=c1oc2c(c(O)c1SCCc1ccccc1)Cc1ccccc1-2. The van der Waals surface area contributed by atoms with Gasteiger partial charge in [-0.25, -0.2) is 4.79 Å². The molecule has 2 aromatic carbocycles. The first-order valence-corrected chi connectivity index (χ1v) is 8.86.